The van der Waals surface area contributed by atoms with Crippen LogP contribution in [0.4, 0.5) is 15.8 Å². The molecule has 1 atom stereocenters. The van der Waals surface area contributed by atoms with E-state index in [1.165, 1.54) is 0 Å². The van der Waals surface area contributed by atoms with Gasteiger partial charge in [-0.05, 0) is 36.2 Å². The number of benzene rings is 2. The molecule has 1 heterocycles. The Balaban J connectivity index is 1.49. The number of fused-ring (bicyclic) bond motifs is 1. The quantitative estimate of drug-likeness (QED) is 0.377. The molecule has 1 aliphatic heterocycles. The maximum absolute atomic E-state index is 13.3. The van der Waals surface area contributed by atoms with Crippen LogP contribution in [0.3, 0.4) is 0 Å². The van der Waals surface area contributed by atoms with E-state index < -0.39 is 34.3 Å². The van der Waals surface area contributed by atoms with Crippen LogP contribution in [-0.4, -0.2) is 35.2 Å². The second-order valence-corrected chi connectivity index (χ2v) is 6.05. The van der Waals surface area contributed by atoms with Gasteiger partial charge in [-0.15, -0.1) is 0 Å². The number of halogens is 1. The normalized spacial score (nSPS) is 12.9. The molecule has 3 N–H and O–H groups in total. The van der Waals surface area contributed by atoms with Crippen LogP contribution >= 0.6 is 0 Å². The fourth-order valence-electron chi connectivity index (χ4n) is 2.61. The summed E-state index contributed by atoms with van der Waals surface area (Å²) in [6.45, 7) is 0.0999. The smallest absolute Gasteiger partial charge is 0.313 e. The molecule has 2 aromatic rings. The minimum absolute atomic E-state index is 0.00850. The lowest BCUT2D eigenvalue weighted by Crippen LogP contribution is -2.36. The second kappa shape index (κ2) is 8.52. The SMILES string of the molecule is O=C(NCCC(O)c1ccc2c(c1)OCO2)C(=O)Nc1ccc(F)c([N+](=O)[O-])c1. The van der Waals surface area contributed by atoms with Crippen molar-refractivity contribution in [1.29, 1.82) is 0 Å². The lowest BCUT2D eigenvalue weighted by molar-refractivity contribution is -0.387. The van der Waals surface area contributed by atoms with Gasteiger partial charge >= 0.3 is 17.5 Å². The van der Waals surface area contributed by atoms with Crippen molar-refractivity contribution in [3.8, 4) is 11.5 Å². The van der Waals surface area contributed by atoms with Gasteiger partial charge in [0.15, 0.2) is 11.5 Å². The molecule has 1 aliphatic rings. The van der Waals surface area contributed by atoms with Gasteiger partial charge in [0.1, 0.15) is 0 Å². The average Bonchev–Trinajstić information content (AvgIpc) is 3.16. The minimum atomic E-state index is -1.08. The number of carbonyl (C=O) groups excluding carboxylic acids is 2. The highest BCUT2D eigenvalue weighted by Crippen LogP contribution is 2.34. The van der Waals surface area contributed by atoms with Gasteiger partial charge in [0.25, 0.3) is 0 Å². The number of amides is 2. The zero-order valence-electron chi connectivity index (χ0n) is 14.9. The van der Waals surface area contributed by atoms with E-state index in [1.54, 1.807) is 18.2 Å². The van der Waals surface area contributed by atoms with E-state index >= 15 is 0 Å². The largest absolute Gasteiger partial charge is 0.454 e. The van der Waals surface area contributed by atoms with E-state index in [0.29, 0.717) is 17.1 Å². The van der Waals surface area contributed by atoms with E-state index in [2.05, 4.69) is 10.6 Å². The van der Waals surface area contributed by atoms with Crippen LogP contribution in [0.5, 0.6) is 11.5 Å². The molecular weight excluding hydrogens is 389 g/mol. The number of nitro groups is 1. The molecule has 11 heteroatoms. The number of rotatable bonds is 6. The van der Waals surface area contributed by atoms with Gasteiger partial charge in [0.2, 0.25) is 12.6 Å². The van der Waals surface area contributed by atoms with Crippen molar-refractivity contribution >= 4 is 23.2 Å². The summed E-state index contributed by atoms with van der Waals surface area (Å²) in [6, 6.07) is 7.67. The molecule has 10 nitrogen and oxygen atoms in total. The summed E-state index contributed by atoms with van der Waals surface area (Å²) in [5.41, 5.74) is -0.361. The number of ether oxygens (including phenoxy) is 2. The maximum atomic E-state index is 13.3. The number of carbonyl (C=O) groups is 2. The van der Waals surface area contributed by atoms with Crippen molar-refractivity contribution in [3.05, 3.63) is 57.9 Å². The highest BCUT2D eigenvalue weighted by Gasteiger charge is 2.19. The standard InChI is InChI=1S/C18H16FN3O7/c19-12-3-2-11(8-13(12)22(26)27)21-18(25)17(24)20-6-5-14(23)10-1-4-15-16(7-10)29-9-28-15/h1-4,7-8,14,23H,5-6,9H2,(H,20,24)(H,21,25). The Kier molecular flexibility index (Phi) is 5.88. The molecule has 0 saturated heterocycles. The van der Waals surface area contributed by atoms with Gasteiger partial charge in [0.05, 0.1) is 11.0 Å². The molecule has 152 valence electrons. The molecule has 0 aromatic heterocycles. The van der Waals surface area contributed by atoms with Crippen molar-refractivity contribution in [3.63, 3.8) is 0 Å². The molecule has 0 spiro atoms. The van der Waals surface area contributed by atoms with Crippen molar-refractivity contribution in [2.45, 2.75) is 12.5 Å². The Hall–Kier alpha value is -3.73. The van der Waals surface area contributed by atoms with Gasteiger partial charge in [0, 0.05) is 18.3 Å². The van der Waals surface area contributed by atoms with Crippen LogP contribution in [0.15, 0.2) is 36.4 Å². The Labute approximate surface area is 163 Å². The molecule has 0 aliphatic carbocycles. The van der Waals surface area contributed by atoms with Gasteiger partial charge < -0.3 is 25.2 Å². The van der Waals surface area contributed by atoms with Crippen molar-refractivity contribution in [2.75, 3.05) is 18.7 Å². The van der Waals surface area contributed by atoms with Crippen molar-refractivity contribution in [1.82, 2.24) is 5.32 Å². The molecule has 1 unspecified atom stereocenters. The second-order valence-electron chi connectivity index (χ2n) is 6.05. The lowest BCUT2D eigenvalue weighted by Gasteiger charge is -2.12. The average molecular weight is 405 g/mol. The molecule has 0 saturated carbocycles. The minimum Gasteiger partial charge on any atom is -0.454 e. The lowest BCUT2D eigenvalue weighted by atomic mass is 10.1. The highest BCUT2D eigenvalue weighted by atomic mass is 19.1. The molecule has 2 amide bonds. The van der Waals surface area contributed by atoms with Crippen molar-refractivity contribution < 1.29 is 33.5 Å². The molecule has 0 bridgehead atoms. The fraction of sp³-hybridized carbons (Fsp3) is 0.222. The number of nitrogens with zero attached hydrogens (tertiary/aromatic N) is 1. The summed E-state index contributed by atoms with van der Waals surface area (Å²) in [4.78, 5) is 33.5. The zero-order valence-corrected chi connectivity index (χ0v) is 14.9. The predicted octanol–water partition coefficient (Wildman–Crippen LogP) is 1.64. The molecule has 3 rings (SSSR count). The van der Waals surface area contributed by atoms with E-state index in [0.717, 1.165) is 18.2 Å². The van der Waals surface area contributed by atoms with Gasteiger partial charge in [-0.25, -0.2) is 0 Å². The van der Waals surface area contributed by atoms with E-state index in [-0.39, 0.29) is 25.4 Å². The first-order chi connectivity index (χ1) is 13.8. The summed E-state index contributed by atoms with van der Waals surface area (Å²) in [5, 5.41) is 25.4. The number of hydrogen-bond donors (Lipinski definition) is 3. The fourth-order valence-corrected chi connectivity index (χ4v) is 2.61. The van der Waals surface area contributed by atoms with Crippen LogP contribution in [-0.2, 0) is 9.59 Å². The summed E-state index contributed by atoms with van der Waals surface area (Å²) in [7, 11) is 0. The first-order valence-corrected chi connectivity index (χ1v) is 8.46. The summed E-state index contributed by atoms with van der Waals surface area (Å²) < 4.78 is 23.7. The number of aliphatic hydroxyl groups is 1. The zero-order chi connectivity index (χ0) is 21.0. The van der Waals surface area contributed by atoms with Gasteiger partial charge in [-0.1, -0.05) is 6.07 Å². The number of nitrogens with one attached hydrogen (secondary N) is 2. The van der Waals surface area contributed by atoms with Gasteiger partial charge in [-0.3, -0.25) is 19.7 Å². The molecule has 0 radical (unpaired) electrons. The topological polar surface area (TPSA) is 140 Å². The Morgan fingerprint density at radius 2 is 1.93 bits per heavy atom. The Morgan fingerprint density at radius 1 is 1.17 bits per heavy atom. The van der Waals surface area contributed by atoms with Crippen LogP contribution in [0, 0.1) is 15.9 Å². The van der Waals surface area contributed by atoms with Crippen LogP contribution in [0.25, 0.3) is 0 Å². The van der Waals surface area contributed by atoms with E-state index in [1.807, 2.05) is 0 Å². The number of anilines is 1. The first kappa shape index (κ1) is 20.0. The molecule has 2 aromatic carbocycles. The van der Waals surface area contributed by atoms with Crippen LogP contribution < -0.4 is 20.1 Å². The molecule has 0 fully saturated rings. The third-order valence-corrected chi connectivity index (χ3v) is 4.09. The van der Waals surface area contributed by atoms with Gasteiger partial charge in [-0.2, -0.15) is 4.39 Å². The maximum Gasteiger partial charge on any atom is 0.313 e. The number of nitro benzene ring substituents is 1. The van der Waals surface area contributed by atoms with E-state index in [9.17, 15) is 29.2 Å². The third-order valence-electron chi connectivity index (χ3n) is 4.09. The number of aliphatic hydroxyl groups excluding tert-OH is 1. The summed E-state index contributed by atoms with van der Waals surface area (Å²) >= 11 is 0. The Bertz CT molecular complexity index is 966. The molecule has 29 heavy (non-hydrogen) atoms. The predicted molar refractivity (Wildman–Crippen MR) is 96.8 cm³/mol. The highest BCUT2D eigenvalue weighted by molar-refractivity contribution is 6.39. The monoisotopic (exact) mass is 405 g/mol. The third kappa shape index (κ3) is 4.76. The van der Waals surface area contributed by atoms with Crippen LogP contribution in [0.1, 0.15) is 18.1 Å². The first-order valence-electron chi connectivity index (χ1n) is 8.46. The molecular formula is C18H16FN3O7. The Morgan fingerprint density at radius 3 is 2.69 bits per heavy atom. The summed E-state index contributed by atoms with van der Waals surface area (Å²) in [5.74, 6) is -2.06. The van der Waals surface area contributed by atoms with E-state index in [4.69, 9.17) is 9.47 Å². The van der Waals surface area contributed by atoms with Crippen molar-refractivity contribution in [2.24, 2.45) is 0 Å². The number of hydrogen-bond acceptors (Lipinski definition) is 7. The summed E-state index contributed by atoms with van der Waals surface area (Å²) in [6.07, 6.45) is -0.784. The van der Waals surface area contributed by atoms with Crippen LogP contribution in [0.2, 0.25) is 0 Å².